The largest absolute Gasteiger partial charge is 0.494 e. The van der Waals surface area contributed by atoms with E-state index in [0.717, 1.165) is 13.0 Å². The molecule has 0 aliphatic rings. The van der Waals surface area contributed by atoms with Gasteiger partial charge in [0.15, 0.2) is 11.6 Å². The van der Waals surface area contributed by atoms with Crippen LogP contribution in [0.1, 0.15) is 13.3 Å². The van der Waals surface area contributed by atoms with Gasteiger partial charge < -0.3 is 15.4 Å². The Morgan fingerprint density at radius 2 is 2.00 bits per heavy atom. The number of rotatable bonds is 6. The zero-order chi connectivity index (χ0) is 15.2. The van der Waals surface area contributed by atoms with E-state index >= 15 is 0 Å². The molecule has 0 atom stereocenters. The molecular formula is C13H15ClFN5O. The number of hydrogen-bond acceptors (Lipinski definition) is 6. The maximum Gasteiger partial charge on any atom is 0.233 e. The average molecular weight is 312 g/mol. The fraction of sp³-hybridized carbons (Fsp3) is 0.308. The summed E-state index contributed by atoms with van der Waals surface area (Å²) in [6.07, 6.45) is 0.926. The molecule has 0 spiro atoms. The number of nitrogens with one attached hydrogen (secondary N) is 2. The molecule has 0 aliphatic carbocycles. The van der Waals surface area contributed by atoms with Crippen molar-refractivity contribution < 1.29 is 9.13 Å². The van der Waals surface area contributed by atoms with E-state index in [-0.39, 0.29) is 17.0 Å². The predicted octanol–water partition coefficient (Wildman–Crippen LogP) is 3.24. The second kappa shape index (κ2) is 7.03. The van der Waals surface area contributed by atoms with Crippen LogP contribution in [0.4, 0.5) is 22.0 Å². The van der Waals surface area contributed by atoms with Gasteiger partial charge in [-0.2, -0.15) is 15.0 Å². The lowest BCUT2D eigenvalue weighted by molar-refractivity contribution is 0.386. The van der Waals surface area contributed by atoms with Crippen LogP contribution >= 0.6 is 11.6 Å². The molecule has 0 amide bonds. The number of benzene rings is 1. The molecule has 0 saturated heterocycles. The van der Waals surface area contributed by atoms with E-state index < -0.39 is 5.82 Å². The van der Waals surface area contributed by atoms with Gasteiger partial charge in [0, 0.05) is 18.3 Å². The molecule has 0 aliphatic heterocycles. The van der Waals surface area contributed by atoms with Crippen LogP contribution in [0.3, 0.4) is 0 Å². The van der Waals surface area contributed by atoms with Gasteiger partial charge in [0.1, 0.15) is 0 Å². The van der Waals surface area contributed by atoms with Gasteiger partial charge in [-0.25, -0.2) is 4.39 Å². The van der Waals surface area contributed by atoms with E-state index in [9.17, 15) is 4.39 Å². The van der Waals surface area contributed by atoms with E-state index in [4.69, 9.17) is 16.3 Å². The highest BCUT2D eigenvalue weighted by atomic mass is 35.5. The molecular weight excluding hydrogens is 297 g/mol. The van der Waals surface area contributed by atoms with E-state index in [1.807, 2.05) is 6.92 Å². The Balaban J connectivity index is 2.18. The minimum Gasteiger partial charge on any atom is -0.494 e. The fourth-order valence-electron chi connectivity index (χ4n) is 1.60. The van der Waals surface area contributed by atoms with Crippen molar-refractivity contribution in [2.45, 2.75) is 13.3 Å². The summed E-state index contributed by atoms with van der Waals surface area (Å²) in [5, 5.41) is 5.94. The second-order valence-corrected chi connectivity index (χ2v) is 4.49. The van der Waals surface area contributed by atoms with Gasteiger partial charge in [-0.05, 0) is 30.2 Å². The fourth-order valence-corrected chi connectivity index (χ4v) is 1.76. The van der Waals surface area contributed by atoms with Crippen LogP contribution in [0.15, 0.2) is 18.2 Å². The minimum atomic E-state index is -0.480. The van der Waals surface area contributed by atoms with Crippen molar-refractivity contribution in [1.29, 1.82) is 0 Å². The molecule has 2 aromatic rings. The SMILES string of the molecule is CCCNc1nc(Cl)nc(Nc2ccc(OC)c(F)c2)n1. The van der Waals surface area contributed by atoms with Crippen LogP contribution in [-0.2, 0) is 0 Å². The Morgan fingerprint density at radius 1 is 1.24 bits per heavy atom. The van der Waals surface area contributed by atoms with Crippen molar-refractivity contribution in [1.82, 2.24) is 15.0 Å². The van der Waals surface area contributed by atoms with E-state index in [1.165, 1.54) is 19.2 Å². The number of hydrogen-bond donors (Lipinski definition) is 2. The van der Waals surface area contributed by atoms with Crippen LogP contribution in [-0.4, -0.2) is 28.6 Å². The van der Waals surface area contributed by atoms with Crippen molar-refractivity contribution in [3.05, 3.63) is 29.3 Å². The smallest absolute Gasteiger partial charge is 0.233 e. The van der Waals surface area contributed by atoms with Crippen LogP contribution < -0.4 is 15.4 Å². The number of anilines is 3. The first-order valence-electron chi connectivity index (χ1n) is 6.38. The molecule has 8 heteroatoms. The third-order valence-corrected chi connectivity index (χ3v) is 2.72. The summed E-state index contributed by atoms with van der Waals surface area (Å²) in [5.41, 5.74) is 0.483. The van der Waals surface area contributed by atoms with Crippen molar-refractivity contribution in [3.8, 4) is 5.75 Å². The quantitative estimate of drug-likeness (QED) is 0.853. The van der Waals surface area contributed by atoms with Crippen molar-refractivity contribution >= 4 is 29.2 Å². The molecule has 0 fully saturated rings. The van der Waals surface area contributed by atoms with Crippen LogP contribution in [0.2, 0.25) is 5.28 Å². The Hall–Kier alpha value is -2.15. The van der Waals surface area contributed by atoms with Crippen LogP contribution in [0.25, 0.3) is 0 Å². The Morgan fingerprint density at radius 3 is 2.67 bits per heavy atom. The Bertz CT molecular complexity index is 626. The van der Waals surface area contributed by atoms with Gasteiger partial charge in [0.25, 0.3) is 0 Å². The number of aromatic nitrogens is 3. The topological polar surface area (TPSA) is 72.0 Å². The van der Waals surface area contributed by atoms with Crippen molar-refractivity contribution in [2.24, 2.45) is 0 Å². The molecule has 0 saturated carbocycles. The van der Waals surface area contributed by atoms with Gasteiger partial charge in [-0.1, -0.05) is 6.92 Å². The molecule has 1 aromatic heterocycles. The summed E-state index contributed by atoms with van der Waals surface area (Å²) in [4.78, 5) is 12.1. The molecule has 1 aromatic carbocycles. The highest BCUT2D eigenvalue weighted by Crippen LogP contribution is 2.23. The van der Waals surface area contributed by atoms with E-state index in [1.54, 1.807) is 6.07 Å². The Kier molecular flexibility index (Phi) is 5.10. The summed E-state index contributed by atoms with van der Waals surface area (Å²) >= 11 is 5.84. The van der Waals surface area contributed by atoms with Crippen molar-refractivity contribution in [3.63, 3.8) is 0 Å². The molecule has 112 valence electrons. The highest BCUT2D eigenvalue weighted by molar-refractivity contribution is 6.28. The first-order chi connectivity index (χ1) is 10.1. The first kappa shape index (κ1) is 15.2. The number of halogens is 2. The normalized spacial score (nSPS) is 10.3. The number of methoxy groups -OCH3 is 1. The summed E-state index contributed by atoms with van der Waals surface area (Å²) < 4.78 is 18.5. The first-order valence-corrected chi connectivity index (χ1v) is 6.76. The van der Waals surface area contributed by atoms with Gasteiger partial charge in [-0.15, -0.1) is 0 Å². The molecule has 2 rings (SSSR count). The molecule has 0 unspecified atom stereocenters. The van der Waals surface area contributed by atoms with E-state index in [2.05, 4.69) is 25.6 Å². The Labute approximate surface area is 126 Å². The van der Waals surface area contributed by atoms with Gasteiger partial charge in [-0.3, -0.25) is 0 Å². The summed E-state index contributed by atoms with van der Waals surface area (Å²) in [5.74, 6) is 0.290. The summed E-state index contributed by atoms with van der Waals surface area (Å²) in [6.45, 7) is 2.74. The third kappa shape index (κ3) is 4.16. The molecule has 2 N–H and O–H groups in total. The lowest BCUT2D eigenvalue weighted by atomic mass is 10.3. The lowest BCUT2D eigenvalue weighted by Gasteiger charge is -2.09. The molecule has 6 nitrogen and oxygen atoms in total. The number of ether oxygens (including phenoxy) is 1. The molecule has 0 radical (unpaired) electrons. The summed E-state index contributed by atoms with van der Waals surface area (Å²) in [7, 11) is 1.41. The zero-order valence-electron chi connectivity index (χ0n) is 11.7. The van der Waals surface area contributed by atoms with Gasteiger partial charge >= 0.3 is 0 Å². The maximum atomic E-state index is 13.6. The molecule has 0 bridgehead atoms. The predicted molar refractivity (Wildman–Crippen MR) is 79.9 cm³/mol. The third-order valence-electron chi connectivity index (χ3n) is 2.55. The van der Waals surface area contributed by atoms with E-state index in [0.29, 0.717) is 11.6 Å². The average Bonchev–Trinajstić information content (AvgIpc) is 2.45. The standard InChI is InChI=1S/C13H15ClFN5O/c1-3-6-16-12-18-11(14)19-13(20-12)17-8-4-5-10(21-2)9(15)7-8/h4-5,7H,3,6H2,1-2H3,(H2,16,17,18,19,20). The van der Waals surface area contributed by atoms with Crippen LogP contribution in [0.5, 0.6) is 5.75 Å². The summed E-state index contributed by atoms with van der Waals surface area (Å²) in [6, 6.07) is 4.45. The van der Waals surface area contributed by atoms with Crippen molar-refractivity contribution in [2.75, 3.05) is 24.3 Å². The lowest BCUT2D eigenvalue weighted by Crippen LogP contribution is -2.07. The highest BCUT2D eigenvalue weighted by Gasteiger charge is 2.07. The number of nitrogens with zero attached hydrogens (tertiary/aromatic N) is 3. The van der Waals surface area contributed by atoms with Crippen LogP contribution in [0, 0.1) is 5.82 Å². The van der Waals surface area contributed by atoms with Gasteiger partial charge in [0.05, 0.1) is 7.11 Å². The maximum absolute atomic E-state index is 13.6. The minimum absolute atomic E-state index is 0.0556. The monoisotopic (exact) mass is 311 g/mol. The molecule has 21 heavy (non-hydrogen) atoms. The van der Waals surface area contributed by atoms with Gasteiger partial charge in [0.2, 0.25) is 17.2 Å². The molecule has 1 heterocycles. The second-order valence-electron chi connectivity index (χ2n) is 4.15. The zero-order valence-corrected chi connectivity index (χ0v) is 12.4.